The Hall–Kier alpha value is -3.61. The van der Waals surface area contributed by atoms with Crippen molar-refractivity contribution in [1.29, 1.82) is 0 Å². The highest BCUT2D eigenvalue weighted by molar-refractivity contribution is 5.95. The van der Waals surface area contributed by atoms with Gasteiger partial charge >= 0.3 is 0 Å². The molecule has 2 aromatic carbocycles. The number of carbonyl (C=O) groups is 1. The summed E-state index contributed by atoms with van der Waals surface area (Å²) in [5.41, 5.74) is 9.79. The number of carbonyl (C=O) groups excluding carboxylic acids is 1. The van der Waals surface area contributed by atoms with Crippen molar-refractivity contribution in [3.05, 3.63) is 70.9 Å². The van der Waals surface area contributed by atoms with Crippen LogP contribution in [0.4, 0.5) is 5.95 Å². The number of fused-ring (bicyclic) bond motifs is 1. The van der Waals surface area contributed by atoms with Gasteiger partial charge in [-0.1, -0.05) is 35.9 Å². The van der Waals surface area contributed by atoms with Gasteiger partial charge in [-0.3, -0.25) is 4.79 Å². The summed E-state index contributed by atoms with van der Waals surface area (Å²) in [4.78, 5) is 16.9. The van der Waals surface area contributed by atoms with Crippen LogP contribution in [0.2, 0.25) is 0 Å². The van der Waals surface area contributed by atoms with Crippen LogP contribution in [-0.4, -0.2) is 27.3 Å². The highest BCUT2D eigenvalue weighted by atomic mass is 16.5. The van der Waals surface area contributed by atoms with Crippen LogP contribution in [0.1, 0.15) is 31.0 Å². The third kappa shape index (κ3) is 3.47. The summed E-state index contributed by atoms with van der Waals surface area (Å²) in [6, 6.07) is 15.1. The van der Waals surface area contributed by atoms with E-state index in [0.29, 0.717) is 29.6 Å². The van der Waals surface area contributed by atoms with Gasteiger partial charge in [0.25, 0.3) is 0 Å². The molecule has 3 aromatic rings. The number of aromatic nitrogens is 3. The van der Waals surface area contributed by atoms with Gasteiger partial charge < -0.3 is 15.8 Å². The number of nitrogens with one attached hydrogen (secondary N) is 1. The van der Waals surface area contributed by atoms with E-state index in [2.05, 4.69) is 10.3 Å². The zero-order valence-corrected chi connectivity index (χ0v) is 16.6. The minimum atomic E-state index is -0.493. The molecule has 1 amide bonds. The molecule has 29 heavy (non-hydrogen) atoms. The van der Waals surface area contributed by atoms with Crippen LogP contribution in [0.3, 0.4) is 0 Å². The smallest absolute Gasteiger partial charge is 0.248 e. The van der Waals surface area contributed by atoms with E-state index in [-0.39, 0.29) is 0 Å². The number of amides is 1. The summed E-state index contributed by atoms with van der Waals surface area (Å²) in [6.07, 6.45) is 0. The first kappa shape index (κ1) is 18.7. The SMILES string of the molecule is CCOc1ccc([C@H]2C(C(N)=O)=C(C)Nc3nc(-c4cccc(C)c4)nn32)cc1. The lowest BCUT2D eigenvalue weighted by Gasteiger charge is -2.27. The van der Waals surface area contributed by atoms with Gasteiger partial charge in [0.2, 0.25) is 11.9 Å². The Morgan fingerprint density at radius 2 is 1.97 bits per heavy atom. The number of aryl methyl sites for hydroxylation is 1. The number of allylic oxidation sites excluding steroid dienone is 1. The Balaban J connectivity index is 1.83. The molecule has 0 radical (unpaired) electrons. The lowest BCUT2D eigenvalue weighted by molar-refractivity contribution is -0.115. The highest BCUT2D eigenvalue weighted by Crippen LogP contribution is 2.36. The van der Waals surface area contributed by atoms with Gasteiger partial charge in [0.1, 0.15) is 11.8 Å². The topological polar surface area (TPSA) is 95.1 Å². The molecule has 0 aliphatic carbocycles. The number of ether oxygens (including phenoxy) is 1. The number of nitrogens with two attached hydrogens (primary N) is 1. The molecule has 0 spiro atoms. The van der Waals surface area contributed by atoms with Crippen LogP contribution < -0.4 is 15.8 Å². The van der Waals surface area contributed by atoms with Gasteiger partial charge in [-0.15, -0.1) is 5.10 Å². The largest absolute Gasteiger partial charge is 0.494 e. The molecule has 1 aliphatic rings. The van der Waals surface area contributed by atoms with E-state index in [1.807, 2.05) is 69.3 Å². The van der Waals surface area contributed by atoms with Gasteiger partial charge in [0.05, 0.1) is 12.2 Å². The van der Waals surface area contributed by atoms with Crippen molar-refractivity contribution in [3.8, 4) is 17.1 Å². The maximum absolute atomic E-state index is 12.3. The van der Waals surface area contributed by atoms with E-state index in [4.69, 9.17) is 15.6 Å². The third-order valence-electron chi connectivity index (χ3n) is 4.90. The molecule has 1 aromatic heterocycles. The summed E-state index contributed by atoms with van der Waals surface area (Å²) in [6.45, 7) is 6.38. The zero-order valence-electron chi connectivity index (χ0n) is 16.6. The summed E-state index contributed by atoms with van der Waals surface area (Å²) in [7, 11) is 0. The molecular formula is C22H23N5O2. The molecule has 0 saturated heterocycles. The van der Waals surface area contributed by atoms with Gasteiger partial charge in [0.15, 0.2) is 5.82 Å². The van der Waals surface area contributed by atoms with E-state index < -0.39 is 11.9 Å². The molecule has 3 N–H and O–H groups in total. The fourth-order valence-electron chi connectivity index (χ4n) is 3.60. The maximum Gasteiger partial charge on any atom is 0.248 e. The Kier molecular flexibility index (Phi) is 4.80. The van der Waals surface area contributed by atoms with Gasteiger partial charge in [-0.05, 0) is 44.5 Å². The molecule has 4 rings (SSSR count). The van der Waals surface area contributed by atoms with E-state index in [1.165, 1.54) is 0 Å². The highest BCUT2D eigenvalue weighted by Gasteiger charge is 2.33. The van der Waals surface area contributed by atoms with Crippen LogP contribution in [0.25, 0.3) is 11.4 Å². The monoisotopic (exact) mass is 389 g/mol. The van der Waals surface area contributed by atoms with Crippen molar-refractivity contribution in [2.45, 2.75) is 26.8 Å². The van der Waals surface area contributed by atoms with Crippen LogP contribution >= 0.6 is 0 Å². The molecule has 1 aliphatic heterocycles. The molecule has 0 fully saturated rings. The fraction of sp³-hybridized carbons (Fsp3) is 0.227. The lowest BCUT2D eigenvalue weighted by atomic mass is 9.95. The molecule has 7 heteroatoms. The first-order valence-corrected chi connectivity index (χ1v) is 9.52. The van der Waals surface area contributed by atoms with E-state index in [0.717, 1.165) is 22.4 Å². The van der Waals surface area contributed by atoms with Gasteiger partial charge in [0, 0.05) is 11.3 Å². The second-order valence-corrected chi connectivity index (χ2v) is 7.01. The summed E-state index contributed by atoms with van der Waals surface area (Å²) in [5, 5.41) is 7.89. The van der Waals surface area contributed by atoms with Crippen LogP contribution in [0.5, 0.6) is 5.75 Å². The Bertz CT molecular complexity index is 1100. The first-order valence-electron chi connectivity index (χ1n) is 9.52. The maximum atomic E-state index is 12.3. The molecule has 7 nitrogen and oxygen atoms in total. The zero-order chi connectivity index (χ0) is 20.5. The van der Waals surface area contributed by atoms with Gasteiger partial charge in [-0.2, -0.15) is 4.98 Å². The first-order chi connectivity index (χ1) is 14.0. The molecule has 0 bridgehead atoms. The summed E-state index contributed by atoms with van der Waals surface area (Å²) in [5.74, 6) is 1.44. The van der Waals surface area contributed by atoms with Gasteiger partial charge in [-0.25, -0.2) is 4.68 Å². The predicted molar refractivity (Wildman–Crippen MR) is 111 cm³/mol. The lowest BCUT2D eigenvalue weighted by Crippen LogP contribution is -2.31. The molecule has 2 heterocycles. The predicted octanol–water partition coefficient (Wildman–Crippen LogP) is 3.43. The molecule has 0 saturated carbocycles. The fourth-order valence-corrected chi connectivity index (χ4v) is 3.60. The Morgan fingerprint density at radius 1 is 1.21 bits per heavy atom. The van der Waals surface area contributed by atoms with Crippen molar-refractivity contribution in [3.63, 3.8) is 0 Å². The van der Waals surface area contributed by atoms with Crippen molar-refractivity contribution in [1.82, 2.24) is 14.8 Å². The third-order valence-corrected chi connectivity index (χ3v) is 4.90. The minimum absolute atomic E-state index is 0.461. The molecule has 148 valence electrons. The van der Waals surface area contributed by atoms with E-state index in [1.54, 1.807) is 4.68 Å². The van der Waals surface area contributed by atoms with E-state index >= 15 is 0 Å². The van der Waals surface area contributed by atoms with Crippen molar-refractivity contribution in [2.24, 2.45) is 5.73 Å². The number of primary amides is 1. The second kappa shape index (κ2) is 7.43. The quantitative estimate of drug-likeness (QED) is 0.697. The van der Waals surface area contributed by atoms with Crippen LogP contribution in [0, 0.1) is 6.92 Å². The number of anilines is 1. The Morgan fingerprint density at radius 3 is 2.62 bits per heavy atom. The minimum Gasteiger partial charge on any atom is -0.494 e. The van der Waals surface area contributed by atoms with Crippen LogP contribution in [0.15, 0.2) is 59.8 Å². The van der Waals surface area contributed by atoms with Crippen molar-refractivity contribution < 1.29 is 9.53 Å². The average molecular weight is 389 g/mol. The van der Waals surface area contributed by atoms with E-state index in [9.17, 15) is 4.79 Å². The molecular weight excluding hydrogens is 366 g/mol. The summed E-state index contributed by atoms with van der Waals surface area (Å²) >= 11 is 0. The van der Waals surface area contributed by atoms with Crippen molar-refractivity contribution in [2.75, 3.05) is 11.9 Å². The normalized spacial score (nSPS) is 15.6. The molecule has 0 unspecified atom stereocenters. The Labute approximate surface area is 169 Å². The number of benzene rings is 2. The van der Waals surface area contributed by atoms with Crippen LogP contribution in [-0.2, 0) is 4.79 Å². The number of rotatable bonds is 5. The number of hydrogen-bond acceptors (Lipinski definition) is 5. The average Bonchev–Trinajstić information content (AvgIpc) is 3.11. The second-order valence-electron chi connectivity index (χ2n) is 7.01. The standard InChI is InChI=1S/C22H23N5O2/c1-4-29-17-10-8-15(9-11-17)19-18(20(23)28)14(3)24-22-25-21(26-27(19)22)16-7-5-6-13(2)12-16/h5-12,19H,4H2,1-3H3,(H2,23,28)(H,24,25,26)/t19-/m0/s1. The molecule has 1 atom stereocenters. The number of nitrogens with zero attached hydrogens (tertiary/aromatic N) is 3. The number of hydrogen-bond donors (Lipinski definition) is 2. The van der Waals surface area contributed by atoms with Crippen molar-refractivity contribution >= 4 is 11.9 Å². The summed E-state index contributed by atoms with van der Waals surface area (Å²) < 4.78 is 7.26.